The molecule has 1 saturated heterocycles. The molecule has 0 atom stereocenters. The standard InChI is InChI=1S/C18H24N4O6S/c1-4-16-19-17(28-20-16)12-21(2)18(23)13-5-6-14(26-3)15(11-13)29(24,25)22-7-9-27-10-8-22/h5-6,11H,4,7-10,12H2,1-3H3. The summed E-state index contributed by atoms with van der Waals surface area (Å²) >= 11 is 0. The molecule has 1 aliphatic heterocycles. The molecule has 0 radical (unpaired) electrons. The zero-order valence-electron chi connectivity index (χ0n) is 16.6. The Bertz CT molecular complexity index is 968. The second kappa shape index (κ2) is 8.89. The number of nitrogens with zero attached hydrogens (tertiary/aromatic N) is 4. The van der Waals surface area contributed by atoms with Crippen LogP contribution in [0.1, 0.15) is 29.0 Å². The van der Waals surface area contributed by atoms with E-state index >= 15 is 0 Å². The van der Waals surface area contributed by atoms with Crippen LogP contribution in [0.2, 0.25) is 0 Å². The number of rotatable bonds is 7. The van der Waals surface area contributed by atoms with Gasteiger partial charge in [0.2, 0.25) is 15.9 Å². The molecule has 29 heavy (non-hydrogen) atoms. The summed E-state index contributed by atoms with van der Waals surface area (Å²) in [5, 5.41) is 3.81. The monoisotopic (exact) mass is 424 g/mol. The maximum Gasteiger partial charge on any atom is 0.254 e. The van der Waals surface area contributed by atoms with Gasteiger partial charge in [0.15, 0.2) is 5.82 Å². The Labute approximate surface area is 169 Å². The molecule has 1 aromatic carbocycles. The largest absolute Gasteiger partial charge is 0.495 e. The smallest absolute Gasteiger partial charge is 0.254 e. The minimum atomic E-state index is -3.83. The molecule has 11 heteroatoms. The molecule has 0 spiro atoms. The molecule has 1 aliphatic rings. The third kappa shape index (κ3) is 4.57. The van der Waals surface area contributed by atoms with Crippen molar-refractivity contribution in [3.63, 3.8) is 0 Å². The van der Waals surface area contributed by atoms with Crippen molar-refractivity contribution in [1.29, 1.82) is 0 Å². The van der Waals surface area contributed by atoms with Crippen molar-refractivity contribution in [1.82, 2.24) is 19.3 Å². The Balaban J connectivity index is 1.86. The van der Waals surface area contributed by atoms with Crippen LogP contribution in [0.25, 0.3) is 0 Å². The van der Waals surface area contributed by atoms with E-state index in [0.29, 0.717) is 31.3 Å². The molecule has 2 aromatic rings. The van der Waals surface area contributed by atoms with Gasteiger partial charge in [-0.1, -0.05) is 12.1 Å². The highest BCUT2D eigenvalue weighted by atomic mass is 32.2. The van der Waals surface area contributed by atoms with Crippen molar-refractivity contribution < 1.29 is 27.2 Å². The van der Waals surface area contributed by atoms with Crippen LogP contribution in [0.4, 0.5) is 0 Å². The molecule has 0 unspecified atom stereocenters. The van der Waals surface area contributed by atoms with Gasteiger partial charge in [0, 0.05) is 32.1 Å². The molecule has 10 nitrogen and oxygen atoms in total. The fraction of sp³-hybridized carbons (Fsp3) is 0.500. The van der Waals surface area contributed by atoms with E-state index in [2.05, 4.69) is 10.1 Å². The number of carbonyl (C=O) groups excluding carboxylic acids is 1. The summed E-state index contributed by atoms with van der Waals surface area (Å²) in [7, 11) is -0.856. The van der Waals surface area contributed by atoms with Crippen molar-refractivity contribution in [3.05, 3.63) is 35.5 Å². The summed E-state index contributed by atoms with van der Waals surface area (Å²) in [6, 6.07) is 4.35. The lowest BCUT2D eigenvalue weighted by Crippen LogP contribution is -2.40. The summed E-state index contributed by atoms with van der Waals surface area (Å²) in [4.78, 5) is 18.4. The lowest BCUT2D eigenvalue weighted by molar-refractivity contribution is 0.0729. The molecular formula is C18H24N4O6S. The van der Waals surface area contributed by atoms with E-state index in [-0.39, 0.29) is 41.7 Å². The first-order valence-corrected chi connectivity index (χ1v) is 10.6. The van der Waals surface area contributed by atoms with Crippen LogP contribution in [-0.4, -0.2) is 74.1 Å². The number of carbonyl (C=O) groups is 1. The number of methoxy groups -OCH3 is 1. The fourth-order valence-corrected chi connectivity index (χ4v) is 4.52. The number of aryl methyl sites for hydroxylation is 1. The normalized spacial score (nSPS) is 15.3. The number of hydrogen-bond donors (Lipinski definition) is 0. The molecule has 0 saturated carbocycles. The molecule has 1 aromatic heterocycles. The summed E-state index contributed by atoms with van der Waals surface area (Å²) in [5.41, 5.74) is 0.218. The van der Waals surface area contributed by atoms with E-state index in [1.807, 2.05) is 6.92 Å². The highest BCUT2D eigenvalue weighted by Gasteiger charge is 2.30. The molecule has 1 amide bonds. The van der Waals surface area contributed by atoms with Gasteiger partial charge in [-0.15, -0.1) is 0 Å². The van der Waals surface area contributed by atoms with Crippen LogP contribution >= 0.6 is 0 Å². The topological polar surface area (TPSA) is 115 Å². The van der Waals surface area contributed by atoms with Crippen molar-refractivity contribution in [2.45, 2.75) is 24.8 Å². The van der Waals surface area contributed by atoms with Crippen LogP contribution in [-0.2, 0) is 27.7 Å². The van der Waals surface area contributed by atoms with Crippen molar-refractivity contribution in [2.75, 3.05) is 40.5 Å². The van der Waals surface area contributed by atoms with Crippen molar-refractivity contribution >= 4 is 15.9 Å². The number of morpholine rings is 1. The molecular weight excluding hydrogens is 400 g/mol. The lowest BCUT2D eigenvalue weighted by Gasteiger charge is -2.27. The van der Waals surface area contributed by atoms with Gasteiger partial charge >= 0.3 is 0 Å². The van der Waals surface area contributed by atoms with Crippen LogP contribution < -0.4 is 4.74 Å². The zero-order valence-corrected chi connectivity index (χ0v) is 17.4. The van der Waals surface area contributed by atoms with E-state index in [1.54, 1.807) is 7.05 Å². The third-order valence-corrected chi connectivity index (χ3v) is 6.46. The summed E-state index contributed by atoms with van der Waals surface area (Å²) in [6.07, 6.45) is 0.627. The molecule has 0 aliphatic carbocycles. The summed E-state index contributed by atoms with van der Waals surface area (Å²) in [5.74, 6) is 0.680. The van der Waals surface area contributed by atoms with Crippen LogP contribution in [0, 0.1) is 0 Å². The van der Waals surface area contributed by atoms with Crippen molar-refractivity contribution in [2.24, 2.45) is 0 Å². The number of aromatic nitrogens is 2. The molecule has 3 rings (SSSR count). The number of sulfonamides is 1. The molecule has 2 heterocycles. The minimum absolute atomic E-state index is 0.0489. The van der Waals surface area contributed by atoms with Crippen molar-refractivity contribution in [3.8, 4) is 5.75 Å². The number of benzene rings is 1. The van der Waals surface area contributed by atoms with E-state index < -0.39 is 10.0 Å². The van der Waals surface area contributed by atoms with E-state index in [4.69, 9.17) is 14.0 Å². The lowest BCUT2D eigenvalue weighted by atomic mass is 10.2. The van der Waals surface area contributed by atoms with E-state index in [1.165, 1.54) is 34.5 Å². The van der Waals surface area contributed by atoms with Gasteiger partial charge in [-0.05, 0) is 18.2 Å². The van der Waals surface area contributed by atoms with Gasteiger partial charge in [0.05, 0.1) is 26.9 Å². The third-order valence-electron chi connectivity index (χ3n) is 4.54. The molecule has 158 valence electrons. The Hall–Kier alpha value is -2.50. The van der Waals surface area contributed by atoms with E-state index in [9.17, 15) is 13.2 Å². The predicted octanol–water partition coefficient (Wildman–Crippen LogP) is 0.934. The Morgan fingerprint density at radius 2 is 2.03 bits per heavy atom. The van der Waals surface area contributed by atoms with Gasteiger partial charge in [0.25, 0.3) is 5.91 Å². The molecule has 1 fully saturated rings. The highest BCUT2D eigenvalue weighted by Crippen LogP contribution is 2.29. The number of hydrogen-bond acceptors (Lipinski definition) is 8. The zero-order chi connectivity index (χ0) is 21.0. The highest BCUT2D eigenvalue weighted by molar-refractivity contribution is 7.89. The first-order valence-electron chi connectivity index (χ1n) is 9.19. The fourth-order valence-electron chi connectivity index (χ4n) is 2.93. The maximum absolute atomic E-state index is 13.1. The van der Waals surface area contributed by atoms with E-state index in [0.717, 1.165) is 0 Å². The Morgan fingerprint density at radius 1 is 1.31 bits per heavy atom. The quantitative estimate of drug-likeness (QED) is 0.645. The van der Waals surface area contributed by atoms with Gasteiger partial charge in [-0.25, -0.2) is 8.42 Å². The van der Waals surface area contributed by atoms with Crippen LogP contribution in [0.3, 0.4) is 0 Å². The second-order valence-corrected chi connectivity index (χ2v) is 8.41. The van der Waals surface area contributed by atoms with Gasteiger partial charge in [-0.2, -0.15) is 9.29 Å². The first-order chi connectivity index (χ1) is 13.9. The van der Waals surface area contributed by atoms with Gasteiger partial charge in [-0.3, -0.25) is 4.79 Å². The minimum Gasteiger partial charge on any atom is -0.495 e. The van der Waals surface area contributed by atoms with Gasteiger partial charge in [0.1, 0.15) is 10.6 Å². The molecule has 0 bridgehead atoms. The number of ether oxygens (including phenoxy) is 2. The second-order valence-electron chi connectivity index (χ2n) is 6.50. The average molecular weight is 424 g/mol. The summed E-state index contributed by atoms with van der Waals surface area (Å²) < 4.78 is 43.1. The first kappa shape index (κ1) is 21.2. The maximum atomic E-state index is 13.1. The molecule has 0 N–H and O–H groups in total. The Kier molecular flexibility index (Phi) is 6.50. The number of amides is 1. The van der Waals surface area contributed by atoms with Gasteiger partial charge < -0.3 is 18.9 Å². The summed E-state index contributed by atoms with van der Waals surface area (Å²) in [6.45, 7) is 3.17. The Morgan fingerprint density at radius 3 is 2.66 bits per heavy atom. The van der Waals surface area contributed by atoms with Crippen LogP contribution in [0.5, 0.6) is 5.75 Å². The average Bonchev–Trinajstić information content (AvgIpc) is 3.20. The predicted molar refractivity (Wildman–Crippen MR) is 102 cm³/mol. The van der Waals surface area contributed by atoms with Crippen LogP contribution in [0.15, 0.2) is 27.6 Å². The SMILES string of the molecule is CCc1noc(CN(C)C(=O)c2ccc(OC)c(S(=O)(=O)N3CCOCC3)c2)n1.